The Labute approximate surface area is 170 Å². The van der Waals surface area contributed by atoms with Crippen LogP contribution in [-0.4, -0.2) is 42.4 Å². The summed E-state index contributed by atoms with van der Waals surface area (Å²) in [6.45, 7) is 0. The summed E-state index contributed by atoms with van der Waals surface area (Å²) in [5.74, 6) is 0.291. The van der Waals surface area contributed by atoms with Crippen molar-refractivity contribution in [1.82, 2.24) is 9.97 Å². The molecule has 1 aromatic heterocycles. The second-order valence-corrected chi connectivity index (χ2v) is 6.31. The molecule has 0 unspecified atom stereocenters. The Morgan fingerprint density at radius 3 is 2.31 bits per heavy atom. The van der Waals surface area contributed by atoms with E-state index in [0.29, 0.717) is 22.8 Å². The number of aromatic carboxylic acids is 1. The zero-order valence-electron chi connectivity index (χ0n) is 15.8. The molecule has 2 N–H and O–H groups in total. The van der Waals surface area contributed by atoms with Gasteiger partial charge in [0.2, 0.25) is 5.75 Å². The Morgan fingerprint density at radius 2 is 1.76 bits per heavy atom. The van der Waals surface area contributed by atoms with E-state index in [1.54, 1.807) is 18.2 Å². The molecule has 0 spiro atoms. The number of aromatic amines is 1. The fourth-order valence-corrected chi connectivity index (χ4v) is 3.00. The van der Waals surface area contributed by atoms with Crippen molar-refractivity contribution in [1.29, 1.82) is 0 Å². The number of rotatable bonds is 6. The van der Waals surface area contributed by atoms with Gasteiger partial charge in [0.15, 0.2) is 17.3 Å². The van der Waals surface area contributed by atoms with E-state index < -0.39 is 11.5 Å². The highest BCUT2D eigenvalue weighted by Crippen LogP contribution is 2.39. The van der Waals surface area contributed by atoms with Crippen molar-refractivity contribution in [2.24, 2.45) is 0 Å². The van der Waals surface area contributed by atoms with E-state index in [1.165, 1.54) is 39.5 Å². The van der Waals surface area contributed by atoms with E-state index in [2.05, 4.69) is 9.97 Å². The number of ether oxygens (including phenoxy) is 3. The first-order valence-electron chi connectivity index (χ1n) is 8.33. The number of benzene rings is 2. The van der Waals surface area contributed by atoms with Gasteiger partial charge in [0.1, 0.15) is 0 Å². The van der Waals surface area contributed by atoms with Crippen LogP contribution in [0.15, 0.2) is 35.1 Å². The third-order valence-electron chi connectivity index (χ3n) is 4.16. The first-order chi connectivity index (χ1) is 13.9. The standard InChI is InChI=1S/C20H17ClN2O6/c1-27-15-7-10(8-16(28-2)17(15)29-3)6-13(21)18-22-14-9-11(20(25)26)4-5-12(14)19(24)23-18/h4-9H,1-3H3,(H,25,26)(H,22,23,24)/b13-6-. The molecule has 3 aromatic rings. The molecule has 0 saturated heterocycles. The van der Waals surface area contributed by atoms with Crippen LogP contribution >= 0.6 is 11.6 Å². The third kappa shape index (κ3) is 4.02. The molecule has 0 atom stereocenters. The van der Waals surface area contributed by atoms with Gasteiger partial charge in [-0.2, -0.15) is 0 Å². The Balaban J connectivity index is 2.11. The van der Waals surface area contributed by atoms with Crippen molar-refractivity contribution in [3.05, 3.63) is 57.6 Å². The summed E-state index contributed by atoms with van der Waals surface area (Å²) in [6.07, 6.45) is 1.57. The zero-order chi connectivity index (χ0) is 21.1. The molecule has 0 radical (unpaired) electrons. The molecular weight excluding hydrogens is 400 g/mol. The molecule has 29 heavy (non-hydrogen) atoms. The van der Waals surface area contributed by atoms with Gasteiger partial charge in [0.25, 0.3) is 5.56 Å². The number of nitrogens with zero attached hydrogens (tertiary/aromatic N) is 1. The maximum atomic E-state index is 12.3. The summed E-state index contributed by atoms with van der Waals surface area (Å²) in [5, 5.41) is 9.54. The fourth-order valence-electron chi connectivity index (χ4n) is 2.78. The van der Waals surface area contributed by atoms with Crippen LogP contribution in [0, 0.1) is 0 Å². The molecule has 150 valence electrons. The van der Waals surface area contributed by atoms with E-state index >= 15 is 0 Å². The average molecular weight is 417 g/mol. The molecule has 0 aliphatic rings. The number of methoxy groups -OCH3 is 3. The van der Waals surface area contributed by atoms with Gasteiger partial charge in [-0.25, -0.2) is 9.78 Å². The topological polar surface area (TPSA) is 111 Å². The van der Waals surface area contributed by atoms with E-state index in [9.17, 15) is 9.59 Å². The van der Waals surface area contributed by atoms with Crippen molar-refractivity contribution >= 4 is 39.6 Å². The largest absolute Gasteiger partial charge is 0.493 e. The van der Waals surface area contributed by atoms with Crippen LogP contribution in [-0.2, 0) is 0 Å². The summed E-state index contributed by atoms with van der Waals surface area (Å²) >= 11 is 6.38. The summed E-state index contributed by atoms with van der Waals surface area (Å²) in [5.41, 5.74) is 0.427. The lowest BCUT2D eigenvalue weighted by atomic mass is 10.1. The van der Waals surface area contributed by atoms with Gasteiger partial charge in [-0.05, 0) is 42.0 Å². The van der Waals surface area contributed by atoms with Gasteiger partial charge in [-0.1, -0.05) is 11.6 Å². The zero-order valence-corrected chi connectivity index (χ0v) is 16.5. The predicted molar refractivity (Wildman–Crippen MR) is 109 cm³/mol. The lowest BCUT2D eigenvalue weighted by molar-refractivity contribution is 0.0697. The molecule has 9 heteroatoms. The van der Waals surface area contributed by atoms with Gasteiger partial charge in [0.05, 0.1) is 42.8 Å². The van der Waals surface area contributed by atoms with Crippen LogP contribution in [0.4, 0.5) is 0 Å². The smallest absolute Gasteiger partial charge is 0.335 e. The minimum Gasteiger partial charge on any atom is -0.493 e. The highest BCUT2D eigenvalue weighted by Gasteiger charge is 2.14. The summed E-state index contributed by atoms with van der Waals surface area (Å²) in [6, 6.07) is 7.44. The van der Waals surface area contributed by atoms with Crippen molar-refractivity contribution < 1.29 is 24.1 Å². The number of H-pyrrole nitrogens is 1. The van der Waals surface area contributed by atoms with Gasteiger partial charge in [0, 0.05) is 0 Å². The summed E-state index contributed by atoms with van der Waals surface area (Å²) < 4.78 is 15.9. The van der Waals surface area contributed by atoms with Crippen molar-refractivity contribution in [3.63, 3.8) is 0 Å². The molecule has 0 aliphatic heterocycles. The molecular formula is C20H17ClN2O6. The maximum absolute atomic E-state index is 12.3. The molecule has 0 fully saturated rings. The number of halogens is 1. The van der Waals surface area contributed by atoms with Gasteiger partial charge in [-0.3, -0.25) is 4.79 Å². The number of carboxylic acid groups (broad SMARTS) is 1. The molecule has 2 aromatic carbocycles. The lowest BCUT2D eigenvalue weighted by Crippen LogP contribution is -2.11. The van der Waals surface area contributed by atoms with E-state index in [-0.39, 0.29) is 27.3 Å². The number of fused-ring (bicyclic) bond motifs is 1. The SMILES string of the molecule is COc1cc(/C=C(\Cl)c2nc3cc(C(=O)O)ccc3c(=O)[nH]2)cc(OC)c1OC. The lowest BCUT2D eigenvalue weighted by Gasteiger charge is -2.13. The molecule has 0 amide bonds. The van der Waals surface area contributed by atoms with Gasteiger partial charge in [-0.15, -0.1) is 0 Å². The normalized spacial score (nSPS) is 11.4. The highest BCUT2D eigenvalue weighted by atomic mass is 35.5. The third-order valence-corrected chi connectivity index (χ3v) is 4.45. The van der Waals surface area contributed by atoms with Crippen LogP contribution in [0.1, 0.15) is 21.7 Å². The Bertz CT molecular complexity index is 1160. The van der Waals surface area contributed by atoms with Gasteiger partial charge < -0.3 is 24.3 Å². The first kappa shape index (κ1) is 20.2. The second kappa shape index (κ2) is 8.24. The molecule has 0 saturated carbocycles. The maximum Gasteiger partial charge on any atom is 0.335 e. The molecule has 8 nitrogen and oxygen atoms in total. The minimum absolute atomic E-state index is 0.0197. The number of nitrogens with one attached hydrogen (secondary N) is 1. The molecule has 0 aliphatic carbocycles. The summed E-state index contributed by atoms with van der Waals surface area (Å²) in [4.78, 5) is 30.4. The Morgan fingerprint density at radius 1 is 1.10 bits per heavy atom. The second-order valence-electron chi connectivity index (χ2n) is 5.90. The van der Waals surface area contributed by atoms with Crippen molar-refractivity contribution in [2.75, 3.05) is 21.3 Å². The van der Waals surface area contributed by atoms with Crippen molar-refractivity contribution in [3.8, 4) is 17.2 Å². The first-order valence-corrected chi connectivity index (χ1v) is 8.70. The molecule has 0 bridgehead atoms. The Kier molecular flexibility index (Phi) is 5.74. The van der Waals surface area contributed by atoms with Crippen LogP contribution in [0.2, 0.25) is 0 Å². The molecule has 1 heterocycles. The highest BCUT2D eigenvalue weighted by molar-refractivity contribution is 6.50. The average Bonchev–Trinajstić information content (AvgIpc) is 2.72. The number of carbonyl (C=O) groups is 1. The predicted octanol–water partition coefficient (Wildman–Crippen LogP) is 3.38. The van der Waals surface area contributed by atoms with Crippen LogP contribution in [0.3, 0.4) is 0 Å². The number of aromatic nitrogens is 2. The Hall–Kier alpha value is -3.52. The van der Waals surface area contributed by atoms with Gasteiger partial charge >= 0.3 is 5.97 Å². The van der Waals surface area contributed by atoms with Crippen LogP contribution in [0.25, 0.3) is 22.0 Å². The van der Waals surface area contributed by atoms with Crippen molar-refractivity contribution in [2.45, 2.75) is 0 Å². The van der Waals surface area contributed by atoms with E-state index in [4.69, 9.17) is 30.9 Å². The van der Waals surface area contributed by atoms with Crippen LogP contribution in [0.5, 0.6) is 17.2 Å². The quantitative estimate of drug-likeness (QED) is 0.633. The minimum atomic E-state index is -1.12. The number of carboxylic acids is 1. The number of hydrogen-bond donors (Lipinski definition) is 2. The fraction of sp³-hybridized carbons (Fsp3) is 0.150. The summed E-state index contributed by atoms with van der Waals surface area (Å²) in [7, 11) is 4.49. The number of hydrogen-bond acceptors (Lipinski definition) is 6. The molecule has 3 rings (SSSR count). The van der Waals surface area contributed by atoms with E-state index in [1.807, 2.05) is 0 Å². The van der Waals surface area contributed by atoms with E-state index in [0.717, 1.165) is 0 Å². The van der Waals surface area contributed by atoms with Crippen LogP contribution < -0.4 is 19.8 Å². The monoisotopic (exact) mass is 416 g/mol.